The number of nitrogens with zero attached hydrogens (tertiary/aromatic N) is 1. The number of methoxy groups -OCH3 is 1. The van der Waals surface area contributed by atoms with Crippen molar-refractivity contribution in [1.29, 1.82) is 0 Å². The van der Waals surface area contributed by atoms with Crippen molar-refractivity contribution in [3.8, 4) is 0 Å². The van der Waals surface area contributed by atoms with E-state index in [-0.39, 0.29) is 11.9 Å². The zero-order chi connectivity index (χ0) is 16.7. The standard InChI is InChI=1S/C18H32NO4/c1-19-12-6-5-9-16(19)15(8-7-13-19)14-23-18(21)11-4-3-10-17(20)22-2/h15-16H,3-14H2,1-2H3/q+1/t15-,16-,19?/m0/s1. The van der Waals surface area contributed by atoms with Gasteiger partial charge in [0.05, 0.1) is 39.9 Å². The van der Waals surface area contributed by atoms with E-state index >= 15 is 0 Å². The summed E-state index contributed by atoms with van der Waals surface area (Å²) in [4.78, 5) is 22.9. The zero-order valence-electron chi connectivity index (χ0n) is 14.7. The topological polar surface area (TPSA) is 52.6 Å². The molecule has 0 amide bonds. The minimum absolute atomic E-state index is 0.120. The normalized spacial score (nSPS) is 30.3. The van der Waals surface area contributed by atoms with Crippen LogP contribution in [0.5, 0.6) is 0 Å². The maximum absolute atomic E-state index is 11.9. The summed E-state index contributed by atoms with van der Waals surface area (Å²) in [5.74, 6) is 0.188. The van der Waals surface area contributed by atoms with Crippen LogP contribution >= 0.6 is 0 Å². The maximum atomic E-state index is 11.9. The summed E-state index contributed by atoms with van der Waals surface area (Å²) in [5, 5.41) is 0. The molecule has 0 radical (unpaired) electrons. The predicted molar refractivity (Wildman–Crippen MR) is 87.7 cm³/mol. The van der Waals surface area contributed by atoms with E-state index in [2.05, 4.69) is 11.8 Å². The van der Waals surface area contributed by atoms with Crippen molar-refractivity contribution in [2.24, 2.45) is 5.92 Å². The van der Waals surface area contributed by atoms with Crippen LogP contribution in [-0.4, -0.2) is 56.3 Å². The van der Waals surface area contributed by atoms with Gasteiger partial charge in [-0.1, -0.05) is 0 Å². The Morgan fingerprint density at radius 1 is 1.00 bits per heavy atom. The van der Waals surface area contributed by atoms with Gasteiger partial charge >= 0.3 is 11.9 Å². The molecule has 0 saturated carbocycles. The second kappa shape index (κ2) is 8.67. The number of hydrogen-bond donors (Lipinski definition) is 0. The van der Waals surface area contributed by atoms with Gasteiger partial charge in [-0.25, -0.2) is 0 Å². The van der Waals surface area contributed by atoms with Gasteiger partial charge in [0.2, 0.25) is 0 Å². The maximum Gasteiger partial charge on any atom is 0.305 e. The highest BCUT2D eigenvalue weighted by Crippen LogP contribution is 2.36. The third kappa shape index (κ3) is 5.20. The molecule has 3 atom stereocenters. The van der Waals surface area contributed by atoms with E-state index in [1.807, 2.05) is 0 Å². The molecule has 132 valence electrons. The predicted octanol–water partition coefficient (Wildman–Crippen LogP) is 2.67. The van der Waals surface area contributed by atoms with Crippen molar-refractivity contribution in [1.82, 2.24) is 0 Å². The van der Waals surface area contributed by atoms with Gasteiger partial charge < -0.3 is 14.0 Å². The van der Waals surface area contributed by atoms with Crippen LogP contribution < -0.4 is 0 Å². The first-order valence-electron chi connectivity index (χ1n) is 9.12. The van der Waals surface area contributed by atoms with Gasteiger partial charge in [0.25, 0.3) is 0 Å². The third-order valence-electron chi connectivity index (χ3n) is 5.71. The molecule has 0 spiro atoms. The number of rotatable bonds is 7. The van der Waals surface area contributed by atoms with Gasteiger partial charge in [-0.15, -0.1) is 0 Å². The van der Waals surface area contributed by atoms with Gasteiger partial charge in [0.15, 0.2) is 0 Å². The monoisotopic (exact) mass is 326 g/mol. The molecule has 5 nitrogen and oxygen atoms in total. The number of hydrogen-bond acceptors (Lipinski definition) is 4. The number of quaternary nitrogens is 1. The summed E-state index contributed by atoms with van der Waals surface area (Å²) in [6.45, 7) is 3.14. The molecule has 0 bridgehead atoms. The van der Waals surface area contributed by atoms with Crippen molar-refractivity contribution in [2.45, 2.75) is 63.8 Å². The van der Waals surface area contributed by atoms with Gasteiger partial charge in [0, 0.05) is 25.2 Å². The smallest absolute Gasteiger partial charge is 0.305 e. The molecule has 1 unspecified atom stereocenters. The Kier molecular flexibility index (Phi) is 6.88. The molecule has 2 aliphatic rings. The number of ether oxygens (including phenoxy) is 2. The Labute approximate surface area is 139 Å². The first kappa shape index (κ1) is 18.2. The van der Waals surface area contributed by atoms with Crippen LogP contribution in [-0.2, 0) is 19.1 Å². The van der Waals surface area contributed by atoms with Gasteiger partial charge in [-0.3, -0.25) is 9.59 Å². The quantitative estimate of drug-likeness (QED) is 0.410. The largest absolute Gasteiger partial charge is 0.469 e. The highest BCUT2D eigenvalue weighted by molar-refractivity contribution is 5.70. The van der Waals surface area contributed by atoms with E-state index in [4.69, 9.17) is 4.74 Å². The fourth-order valence-corrected chi connectivity index (χ4v) is 4.34. The van der Waals surface area contributed by atoms with E-state index in [0.717, 1.165) is 0 Å². The lowest BCUT2D eigenvalue weighted by atomic mass is 9.82. The first-order valence-corrected chi connectivity index (χ1v) is 9.12. The van der Waals surface area contributed by atoms with E-state index < -0.39 is 0 Å². The number of piperidine rings is 2. The molecule has 2 rings (SSSR count). The molecule has 0 N–H and O–H groups in total. The van der Waals surface area contributed by atoms with Crippen molar-refractivity contribution >= 4 is 11.9 Å². The van der Waals surface area contributed by atoms with Crippen molar-refractivity contribution in [3.63, 3.8) is 0 Å². The molecular weight excluding hydrogens is 294 g/mol. The van der Waals surface area contributed by atoms with E-state index in [0.29, 0.717) is 44.2 Å². The average molecular weight is 326 g/mol. The van der Waals surface area contributed by atoms with Crippen LogP contribution in [0, 0.1) is 5.92 Å². The zero-order valence-corrected chi connectivity index (χ0v) is 14.7. The molecule has 2 heterocycles. The lowest BCUT2D eigenvalue weighted by molar-refractivity contribution is -0.947. The van der Waals surface area contributed by atoms with Crippen LogP contribution in [0.3, 0.4) is 0 Å². The number of unbranched alkanes of at least 4 members (excludes halogenated alkanes) is 1. The number of carbonyl (C=O) groups excluding carboxylic acids is 2. The van der Waals surface area contributed by atoms with Crippen LogP contribution in [0.4, 0.5) is 0 Å². The second-order valence-electron chi connectivity index (χ2n) is 7.36. The lowest BCUT2D eigenvalue weighted by Gasteiger charge is -2.51. The minimum Gasteiger partial charge on any atom is -0.469 e. The van der Waals surface area contributed by atoms with E-state index in [1.54, 1.807) is 0 Å². The van der Waals surface area contributed by atoms with Crippen LogP contribution in [0.25, 0.3) is 0 Å². The fourth-order valence-electron chi connectivity index (χ4n) is 4.34. The molecule has 2 fully saturated rings. The minimum atomic E-state index is -0.213. The van der Waals surface area contributed by atoms with Gasteiger partial charge in [-0.2, -0.15) is 0 Å². The van der Waals surface area contributed by atoms with Crippen LogP contribution in [0.15, 0.2) is 0 Å². The van der Waals surface area contributed by atoms with Gasteiger partial charge in [-0.05, 0) is 38.5 Å². The first-order chi connectivity index (χ1) is 11.0. The third-order valence-corrected chi connectivity index (χ3v) is 5.71. The highest BCUT2D eigenvalue weighted by Gasteiger charge is 2.43. The number of fused-ring (bicyclic) bond motifs is 1. The van der Waals surface area contributed by atoms with Crippen LogP contribution in [0.2, 0.25) is 0 Å². The van der Waals surface area contributed by atoms with Gasteiger partial charge in [0.1, 0.15) is 0 Å². The fraction of sp³-hybridized carbons (Fsp3) is 0.889. The van der Waals surface area contributed by atoms with Crippen molar-refractivity contribution in [2.75, 3.05) is 33.9 Å². The van der Waals surface area contributed by atoms with Crippen LogP contribution in [0.1, 0.15) is 57.8 Å². The van der Waals surface area contributed by atoms with Crippen molar-refractivity contribution in [3.05, 3.63) is 0 Å². The SMILES string of the molecule is COC(=O)CCCCC(=O)OC[C@@H]1CCC[N+]2(C)CCCC[C@@H]12. The molecule has 0 aromatic rings. The Bertz CT molecular complexity index is 408. The van der Waals surface area contributed by atoms with Crippen molar-refractivity contribution < 1.29 is 23.5 Å². The molecule has 0 aromatic carbocycles. The molecule has 0 aliphatic carbocycles. The molecule has 5 heteroatoms. The summed E-state index contributed by atoms with van der Waals surface area (Å²) < 4.78 is 11.3. The Hall–Kier alpha value is -1.10. The summed E-state index contributed by atoms with van der Waals surface area (Å²) in [5.41, 5.74) is 0. The summed E-state index contributed by atoms with van der Waals surface area (Å²) in [6, 6.07) is 0.671. The highest BCUT2D eigenvalue weighted by atomic mass is 16.5. The molecular formula is C18H32NO4+. The number of carbonyl (C=O) groups is 2. The number of esters is 2. The Morgan fingerprint density at radius 2 is 1.70 bits per heavy atom. The van der Waals surface area contributed by atoms with E-state index in [9.17, 15) is 9.59 Å². The Morgan fingerprint density at radius 3 is 2.43 bits per heavy atom. The van der Waals surface area contributed by atoms with E-state index in [1.165, 1.54) is 56.8 Å². The molecule has 23 heavy (non-hydrogen) atoms. The second-order valence-corrected chi connectivity index (χ2v) is 7.36. The lowest BCUT2D eigenvalue weighted by Crippen LogP contribution is -2.61. The molecule has 2 aliphatic heterocycles. The molecule has 0 aromatic heterocycles. The summed E-state index contributed by atoms with van der Waals surface area (Å²) >= 11 is 0. The summed E-state index contributed by atoms with van der Waals surface area (Å²) in [6.07, 6.45) is 8.51. The molecule has 2 saturated heterocycles. The summed E-state index contributed by atoms with van der Waals surface area (Å²) in [7, 11) is 3.77. The Balaban J connectivity index is 1.68. The average Bonchev–Trinajstić information content (AvgIpc) is 2.55.